The van der Waals surface area contributed by atoms with Gasteiger partial charge in [0.25, 0.3) is 5.91 Å². The van der Waals surface area contributed by atoms with Crippen LogP contribution < -0.4 is 5.32 Å². The number of aromatic nitrogens is 2. The van der Waals surface area contributed by atoms with E-state index in [0.29, 0.717) is 23.4 Å². The summed E-state index contributed by atoms with van der Waals surface area (Å²) in [6.07, 6.45) is 1.83. The Labute approximate surface area is 132 Å². The molecule has 0 spiro atoms. The van der Waals surface area contributed by atoms with Crippen molar-refractivity contribution in [1.82, 2.24) is 15.1 Å². The number of carboxylic acids is 1. The zero-order chi connectivity index (χ0) is 17.0. The molecule has 122 valence electrons. The predicted molar refractivity (Wildman–Crippen MR) is 82.1 cm³/mol. The van der Waals surface area contributed by atoms with Gasteiger partial charge >= 0.3 is 5.97 Å². The summed E-state index contributed by atoms with van der Waals surface area (Å²) in [6.45, 7) is 3.51. The fourth-order valence-electron chi connectivity index (χ4n) is 2.32. The van der Waals surface area contributed by atoms with E-state index in [2.05, 4.69) is 10.4 Å². The number of halogens is 1. The van der Waals surface area contributed by atoms with Gasteiger partial charge in [0.05, 0.1) is 29.6 Å². The molecule has 1 aromatic carbocycles. The molecule has 2 aromatic rings. The van der Waals surface area contributed by atoms with E-state index >= 15 is 0 Å². The molecule has 6 nitrogen and oxygen atoms in total. The summed E-state index contributed by atoms with van der Waals surface area (Å²) in [5, 5.41) is 15.6. The van der Waals surface area contributed by atoms with Crippen LogP contribution in [0.5, 0.6) is 0 Å². The van der Waals surface area contributed by atoms with Crippen LogP contribution in [0.25, 0.3) is 5.69 Å². The molecule has 23 heavy (non-hydrogen) atoms. The van der Waals surface area contributed by atoms with E-state index in [0.717, 1.165) is 0 Å². The highest BCUT2D eigenvalue weighted by Crippen LogP contribution is 2.16. The number of hydrogen-bond donors (Lipinski definition) is 2. The second-order valence-corrected chi connectivity index (χ2v) is 5.22. The number of carbonyl (C=O) groups is 2. The summed E-state index contributed by atoms with van der Waals surface area (Å²) in [4.78, 5) is 23.0. The number of aliphatic carboxylic acids is 1. The van der Waals surface area contributed by atoms with Crippen molar-refractivity contribution < 1.29 is 19.1 Å². The first-order valence-electron chi connectivity index (χ1n) is 7.27. The monoisotopic (exact) mass is 319 g/mol. The molecule has 0 aliphatic rings. The number of benzene rings is 1. The van der Waals surface area contributed by atoms with E-state index in [-0.39, 0.29) is 18.1 Å². The Morgan fingerprint density at radius 3 is 2.57 bits per heavy atom. The minimum absolute atomic E-state index is 0.153. The van der Waals surface area contributed by atoms with Crippen LogP contribution in [-0.2, 0) is 11.2 Å². The Hall–Kier alpha value is -2.70. The summed E-state index contributed by atoms with van der Waals surface area (Å²) in [5.41, 5.74) is 1.71. The quantitative estimate of drug-likeness (QED) is 0.854. The maximum atomic E-state index is 13.0. The summed E-state index contributed by atoms with van der Waals surface area (Å²) >= 11 is 0. The number of carbonyl (C=O) groups excluding carboxylic acids is 1. The summed E-state index contributed by atoms with van der Waals surface area (Å²) in [6, 6.07) is 5.32. The molecule has 7 heteroatoms. The van der Waals surface area contributed by atoms with Crippen molar-refractivity contribution in [2.24, 2.45) is 0 Å². The highest BCUT2D eigenvalue weighted by Gasteiger charge is 2.19. The summed E-state index contributed by atoms with van der Waals surface area (Å²) in [5.74, 6) is -1.70. The van der Waals surface area contributed by atoms with E-state index in [1.807, 2.05) is 6.92 Å². The minimum atomic E-state index is -0.976. The first kappa shape index (κ1) is 16.7. The number of hydrogen-bond acceptors (Lipinski definition) is 3. The van der Waals surface area contributed by atoms with Crippen LogP contribution in [0, 0.1) is 5.82 Å². The van der Waals surface area contributed by atoms with Gasteiger partial charge in [-0.25, -0.2) is 9.07 Å². The molecule has 0 fully saturated rings. The molecule has 0 aliphatic heterocycles. The third-order valence-corrected chi connectivity index (χ3v) is 3.38. The van der Waals surface area contributed by atoms with Crippen LogP contribution in [0.2, 0.25) is 0 Å². The molecular formula is C16H18FN3O3. The number of amides is 1. The predicted octanol–water partition coefficient (Wildman–Crippen LogP) is 2.17. The summed E-state index contributed by atoms with van der Waals surface area (Å²) < 4.78 is 14.6. The van der Waals surface area contributed by atoms with Crippen molar-refractivity contribution in [3.63, 3.8) is 0 Å². The van der Waals surface area contributed by atoms with Gasteiger partial charge in [-0.3, -0.25) is 9.59 Å². The lowest BCUT2D eigenvalue weighted by Gasteiger charge is -2.12. The smallest absolute Gasteiger partial charge is 0.305 e. The van der Waals surface area contributed by atoms with Crippen LogP contribution >= 0.6 is 0 Å². The second kappa shape index (κ2) is 7.04. The summed E-state index contributed by atoms with van der Waals surface area (Å²) in [7, 11) is 0. The molecule has 0 aliphatic carbocycles. The SMILES string of the molecule is CCc1c(C(=O)NC(C)CC(=O)O)cnn1-c1ccc(F)cc1. The van der Waals surface area contributed by atoms with Gasteiger partial charge in [-0.2, -0.15) is 5.10 Å². The Bertz CT molecular complexity index is 710. The van der Waals surface area contributed by atoms with Gasteiger partial charge in [0.2, 0.25) is 0 Å². The molecular weight excluding hydrogens is 301 g/mol. The van der Waals surface area contributed by atoms with Crippen molar-refractivity contribution >= 4 is 11.9 Å². The van der Waals surface area contributed by atoms with Crippen LogP contribution in [-0.4, -0.2) is 32.8 Å². The van der Waals surface area contributed by atoms with Crippen molar-refractivity contribution in [2.75, 3.05) is 0 Å². The Kier molecular flexibility index (Phi) is 5.10. The molecule has 1 amide bonds. The zero-order valence-corrected chi connectivity index (χ0v) is 12.9. The molecule has 2 N–H and O–H groups in total. The number of nitrogens with one attached hydrogen (secondary N) is 1. The van der Waals surface area contributed by atoms with E-state index in [1.54, 1.807) is 23.7 Å². The highest BCUT2D eigenvalue weighted by molar-refractivity contribution is 5.95. The number of carboxylic acid groups (broad SMARTS) is 1. The van der Waals surface area contributed by atoms with Crippen molar-refractivity contribution in [1.29, 1.82) is 0 Å². The lowest BCUT2D eigenvalue weighted by Crippen LogP contribution is -2.34. The van der Waals surface area contributed by atoms with E-state index in [1.165, 1.54) is 18.3 Å². The maximum Gasteiger partial charge on any atom is 0.305 e. The average molecular weight is 319 g/mol. The van der Waals surface area contributed by atoms with Gasteiger partial charge in [0, 0.05) is 6.04 Å². The Morgan fingerprint density at radius 1 is 1.35 bits per heavy atom. The number of nitrogens with zero attached hydrogens (tertiary/aromatic N) is 2. The van der Waals surface area contributed by atoms with Gasteiger partial charge in [0.1, 0.15) is 5.82 Å². The zero-order valence-electron chi connectivity index (χ0n) is 12.9. The molecule has 2 rings (SSSR count). The van der Waals surface area contributed by atoms with Crippen molar-refractivity contribution in [3.8, 4) is 5.69 Å². The molecule has 1 heterocycles. The fourth-order valence-corrected chi connectivity index (χ4v) is 2.32. The largest absolute Gasteiger partial charge is 0.481 e. The molecule has 1 unspecified atom stereocenters. The van der Waals surface area contributed by atoms with Gasteiger partial charge in [-0.15, -0.1) is 0 Å². The van der Waals surface area contributed by atoms with Crippen molar-refractivity contribution in [2.45, 2.75) is 32.7 Å². The molecule has 1 atom stereocenters. The first-order chi connectivity index (χ1) is 10.9. The van der Waals surface area contributed by atoms with Crippen LogP contribution in [0.3, 0.4) is 0 Å². The standard InChI is InChI=1S/C16H18FN3O3/c1-3-14-13(16(23)19-10(2)8-15(21)22)9-18-20(14)12-6-4-11(17)5-7-12/h4-7,9-10H,3,8H2,1-2H3,(H,19,23)(H,21,22). The molecule has 1 aromatic heterocycles. The Balaban J connectivity index is 2.25. The Morgan fingerprint density at radius 2 is 2.00 bits per heavy atom. The van der Waals surface area contributed by atoms with Crippen molar-refractivity contribution in [3.05, 3.63) is 47.5 Å². The lowest BCUT2D eigenvalue weighted by molar-refractivity contribution is -0.137. The van der Waals surface area contributed by atoms with Crippen LogP contribution in [0.1, 0.15) is 36.3 Å². The third kappa shape index (κ3) is 3.94. The maximum absolute atomic E-state index is 13.0. The average Bonchev–Trinajstić information content (AvgIpc) is 2.90. The number of rotatable bonds is 6. The topological polar surface area (TPSA) is 84.2 Å². The van der Waals surface area contributed by atoms with E-state index in [9.17, 15) is 14.0 Å². The fraction of sp³-hybridized carbons (Fsp3) is 0.312. The van der Waals surface area contributed by atoms with Gasteiger partial charge in [-0.1, -0.05) is 6.92 Å². The molecule has 0 radical (unpaired) electrons. The third-order valence-electron chi connectivity index (χ3n) is 3.38. The normalized spacial score (nSPS) is 12.0. The molecule has 0 saturated carbocycles. The first-order valence-corrected chi connectivity index (χ1v) is 7.27. The lowest BCUT2D eigenvalue weighted by atomic mass is 10.1. The second-order valence-electron chi connectivity index (χ2n) is 5.22. The van der Waals surface area contributed by atoms with Gasteiger partial charge < -0.3 is 10.4 Å². The molecule has 0 saturated heterocycles. The van der Waals surface area contributed by atoms with Gasteiger partial charge in [-0.05, 0) is 37.6 Å². The minimum Gasteiger partial charge on any atom is -0.481 e. The highest BCUT2D eigenvalue weighted by atomic mass is 19.1. The van der Waals surface area contributed by atoms with Gasteiger partial charge in [0.15, 0.2) is 0 Å². The van der Waals surface area contributed by atoms with E-state index < -0.39 is 12.0 Å². The van der Waals surface area contributed by atoms with Crippen LogP contribution in [0.4, 0.5) is 4.39 Å². The van der Waals surface area contributed by atoms with E-state index in [4.69, 9.17) is 5.11 Å². The van der Waals surface area contributed by atoms with Crippen LogP contribution in [0.15, 0.2) is 30.5 Å². The molecule has 0 bridgehead atoms.